The van der Waals surface area contributed by atoms with Crippen LogP contribution in [-0.2, 0) is 4.79 Å². The highest BCUT2D eigenvalue weighted by Gasteiger charge is 2.08. The van der Waals surface area contributed by atoms with E-state index in [0.29, 0.717) is 5.75 Å². The second-order valence-electron chi connectivity index (χ2n) is 5.11. The minimum absolute atomic E-state index is 0.0215. The van der Waals surface area contributed by atoms with Gasteiger partial charge in [-0.2, -0.15) is 0 Å². The lowest BCUT2D eigenvalue weighted by molar-refractivity contribution is -0.113. The fourth-order valence-electron chi connectivity index (χ4n) is 2.28. The number of hydrogen-bond acceptors (Lipinski definition) is 3. The Labute approximate surface area is 153 Å². The molecule has 3 aromatic rings. The van der Waals surface area contributed by atoms with Crippen molar-refractivity contribution in [3.05, 3.63) is 63.7 Å². The largest absolute Gasteiger partial charge is 0.324 e. The zero-order valence-electron chi connectivity index (χ0n) is 12.5. The average molecular weight is 434 g/mol. The standard InChI is InChI=1S/C18H15IN2OS/c1-12-10-18(21-15-8-4-2-6-13(12)15)23-11-17(22)20-16-9-5-3-7-14(16)19/h2-10H,11H2,1H3,(H,20,22). The SMILES string of the molecule is Cc1cc(SCC(=O)Nc2ccccc2I)nc2ccccc12. The molecule has 23 heavy (non-hydrogen) atoms. The van der Waals surface area contributed by atoms with Crippen LogP contribution in [0.15, 0.2) is 59.6 Å². The minimum Gasteiger partial charge on any atom is -0.324 e. The monoisotopic (exact) mass is 434 g/mol. The first-order valence-corrected chi connectivity index (χ1v) is 9.23. The van der Waals surface area contributed by atoms with E-state index in [1.807, 2.05) is 48.5 Å². The molecule has 0 radical (unpaired) electrons. The quantitative estimate of drug-likeness (QED) is 0.470. The molecule has 3 rings (SSSR count). The van der Waals surface area contributed by atoms with Crippen molar-refractivity contribution in [2.45, 2.75) is 11.9 Å². The molecule has 0 aliphatic heterocycles. The fourth-order valence-corrected chi connectivity index (χ4v) is 3.58. The van der Waals surface area contributed by atoms with Gasteiger partial charge in [-0.05, 0) is 59.3 Å². The van der Waals surface area contributed by atoms with Gasteiger partial charge in [0.25, 0.3) is 0 Å². The zero-order chi connectivity index (χ0) is 16.2. The number of anilines is 1. The van der Waals surface area contributed by atoms with Gasteiger partial charge in [-0.1, -0.05) is 42.1 Å². The van der Waals surface area contributed by atoms with Gasteiger partial charge < -0.3 is 5.32 Å². The number of fused-ring (bicyclic) bond motifs is 1. The number of amides is 1. The van der Waals surface area contributed by atoms with Crippen molar-refractivity contribution in [1.82, 2.24) is 4.98 Å². The lowest BCUT2D eigenvalue weighted by Crippen LogP contribution is -2.14. The van der Waals surface area contributed by atoms with E-state index < -0.39 is 0 Å². The van der Waals surface area contributed by atoms with Gasteiger partial charge in [-0.3, -0.25) is 4.79 Å². The van der Waals surface area contributed by atoms with Crippen molar-refractivity contribution < 1.29 is 4.79 Å². The number of para-hydroxylation sites is 2. The number of nitrogens with zero attached hydrogens (tertiary/aromatic N) is 1. The van der Waals surface area contributed by atoms with Gasteiger partial charge in [-0.25, -0.2) is 4.98 Å². The Morgan fingerprint density at radius 2 is 1.91 bits per heavy atom. The molecule has 0 atom stereocenters. The summed E-state index contributed by atoms with van der Waals surface area (Å²) in [7, 11) is 0. The van der Waals surface area contributed by atoms with Crippen molar-refractivity contribution >= 4 is 56.9 Å². The first kappa shape index (κ1) is 16.3. The summed E-state index contributed by atoms with van der Waals surface area (Å²) in [6.07, 6.45) is 0. The number of aryl methyl sites for hydroxylation is 1. The number of rotatable bonds is 4. The number of hydrogen-bond donors (Lipinski definition) is 1. The summed E-state index contributed by atoms with van der Waals surface area (Å²) in [6, 6.07) is 17.8. The van der Waals surface area contributed by atoms with Gasteiger partial charge in [-0.15, -0.1) is 0 Å². The number of nitrogens with one attached hydrogen (secondary N) is 1. The summed E-state index contributed by atoms with van der Waals surface area (Å²) >= 11 is 3.67. The molecule has 1 N–H and O–H groups in total. The number of halogens is 1. The number of carbonyl (C=O) groups is 1. The smallest absolute Gasteiger partial charge is 0.234 e. The number of aromatic nitrogens is 1. The summed E-state index contributed by atoms with van der Waals surface area (Å²) in [4.78, 5) is 16.7. The number of benzene rings is 2. The van der Waals surface area contributed by atoms with Crippen LogP contribution in [0.25, 0.3) is 10.9 Å². The fraction of sp³-hybridized carbons (Fsp3) is 0.111. The molecule has 0 saturated carbocycles. The molecule has 116 valence electrons. The Hall–Kier alpha value is -1.60. The number of carbonyl (C=O) groups excluding carboxylic acids is 1. The lowest BCUT2D eigenvalue weighted by Gasteiger charge is -2.08. The van der Waals surface area contributed by atoms with Crippen LogP contribution in [0.5, 0.6) is 0 Å². The highest BCUT2D eigenvalue weighted by Crippen LogP contribution is 2.24. The van der Waals surface area contributed by atoms with Crippen LogP contribution in [0.2, 0.25) is 0 Å². The predicted octanol–water partition coefficient (Wildman–Crippen LogP) is 4.88. The Morgan fingerprint density at radius 3 is 2.74 bits per heavy atom. The van der Waals surface area contributed by atoms with Crippen LogP contribution in [0, 0.1) is 10.5 Å². The second kappa shape index (κ2) is 7.31. The maximum absolute atomic E-state index is 12.1. The summed E-state index contributed by atoms with van der Waals surface area (Å²) < 4.78 is 1.03. The second-order valence-corrected chi connectivity index (χ2v) is 7.27. The van der Waals surface area contributed by atoms with Gasteiger partial charge in [0.2, 0.25) is 5.91 Å². The van der Waals surface area contributed by atoms with E-state index >= 15 is 0 Å². The van der Waals surface area contributed by atoms with E-state index in [1.54, 1.807) is 0 Å². The maximum atomic E-state index is 12.1. The van der Waals surface area contributed by atoms with Crippen LogP contribution in [-0.4, -0.2) is 16.6 Å². The van der Waals surface area contributed by atoms with Gasteiger partial charge >= 0.3 is 0 Å². The maximum Gasteiger partial charge on any atom is 0.234 e. The Kier molecular flexibility index (Phi) is 5.17. The average Bonchev–Trinajstić information content (AvgIpc) is 2.55. The van der Waals surface area contributed by atoms with E-state index in [9.17, 15) is 4.79 Å². The molecule has 0 aliphatic carbocycles. The first-order valence-electron chi connectivity index (χ1n) is 7.17. The Bertz CT molecular complexity index is 867. The van der Waals surface area contributed by atoms with E-state index in [1.165, 1.54) is 17.3 Å². The molecular formula is C18H15IN2OS. The summed E-state index contributed by atoms with van der Waals surface area (Å²) in [5, 5.41) is 4.96. The molecule has 0 aliphatic rings. The number of pyridine rings is 1. The van der Waals surface area contributed by atoms with Gasteiger partial charge in [0.15, 0.2) is 0 Å². The van der Waals surface area contributed by atoms with E-state index in [-0.39, 0.29) is 5.91 Å². The van der Waals surface area contributed by atoms with Crippen LogP contribution in [0.4, 0.5) is 5.69 Å². The molecular weight excluding hydrogens is 419 g/mol. The van der Waals surface area contributed by atoms with E-state index in [0.717, 1.165) is 25.2 Å². The van der Waals surface area contributed by atoms with Crippen LogP contribution >= 0.6 is 34.4 Å². The number of thioether (sulfide) groups is 1. The van der Waals surface area contributed by atoms with Crippen LogP contribution < -0.4 is 5.32 Å². The Balaban J connectivity index is 1.68. The van der Waals surface area contributed by atoms with E-state index in [2.05, 4.69) is 45.9 Å². The third-order valence-electron chi connectivity index (χ3n) is 3.40. The summed E-state index contributed by atoms with van der Waals surface area (Å²) in [6.45, 7) is 2.07. The molecule has 1 heterocycles. The van der Waals surface area contributed by atoms with Gasteiger partial charge in [0.1, 0.15) is 0 Å². The van der Waals surface area contributed by atoms with Crippen LogP contribution in [0.3, 0.4) is 0 Å². The van der Waals surface area contributed by atoms with Gasteiger partial charge in [0.05, 0.1) is 22.0 Å². The third kappa shape index (κ3) is 4.03. The van der Waals surface area contributed by atoms with Crippen molar-refractivity contribution in [2.24, 2.45) is 0 Å². The minimum atomic E-state index is -0.0215. The molecule has 3 nitrogen and oxygen atoms in total. The lowest BCUT2D eigenvalue weighted by atomic mass is 10.1. The molecule has 5 heteroatoms. The first-order chi connectivity index (χ1) is 11.1. The summed E-state index contributed by atoms with van der Waals surface area (Å²) in [5.74, 6) is 0.321. The molecule has 1 amide bonds. The normalized spacial score (nSPS) is 10.7. The molecule has 0 spiro atoms. The summed E-state index contributed by atoms with van der Waals surface area (Å²) in [5.41, 5.74) is 2.99. The molecule has 0 fully saturated rings. The molecule has 0 bridgehead atoms. The molecule has 2 aromatic carbocycles. The van der Waals surface area contributed by atoms with Crippen LogP contribution in [0.1, 0.15) is 5.56 Å². The van der Waals surface area contributed by atoms with Crippen molar-refractivity contribution in [3.8, 4) is 0 Å². The van der Waals surface area contributed by atoms with Gasteiger partial charge in [0, 0.05) is 8.96 Å². The molecule has 0 unspecified atom stereocenters. The van der Waals surface area contributed by atoms with E-state index in [4.69, 9.17) is 0 Å². The highest BCUT2D eigenvalue weighted by molar-refractivity contribution is 14.1. The highest BCUT2D eigenvalue weighted by atomic mass is 127. The van der Waals surface area contributed by atoms with Crippen molar-refractivity contribution in [1.29, 1.82) is 0 Å². The van der Waals surface area contributed by atoms with Crippen molar-refractivity contribution in [2.75, 3.05) is 11.1 Å². The molecule has 1 aromatic heterocycles. The molecule has 0 saturated heterocycles. The zero-order valence-corrected chi connectivity index (χ0v) is 15.5. The Morgan fingerprint density at radius 1 is 1.17 bits per heavy atom. The van der Waals surface area contributed by atoms with Crippen molar-refractivity contribution in [3.63, 3.8) is 0 Å². The topological polar surface area (TPSA) is 42.0 Å². The predicted molar refractivity (Wildman–Crippen MR) is 105 cm³/mol. The third-order valence-corrected chi connectivity index (χ3v) is 5.25.